The minimum atomic E-state index is -1.16. The van der Waals surface area contributed by atoms with E-state index in [-0.39, 0.29) is 0 Å². The molecule has 1 aliphatic carbocycles. The van der Waals surface area contributed by atoms with Gasteiger partial charge in [0.1, 0.15) is 0 Å². The van der Waals surface area contributed by atoms with Gasteiger partial charge in [0.2, 0.25) is 0 Å². The Kier molecular flexibility index (Phi) is 2.44. The van der Waals surface area contributed by atoms with E-state index >= 15 is 0 Å². The summed E-state index contributed by atoms with van der Waals surface area (Å²) >= 11 is 3.62. The van der Waals surface area contributed by atoms with Crippen molar-refractivity contribution in [1.82, 2.24) is 0 Å². The van der Waals surface area contributed by atoms with Crippen molar-refractivity contribution in [3.05, 3.63) is 39.9 Å². The lowest BCUT2D eigenvalue weighted by Crippen LogP contribution is -2.21. The molecule has 0 amide bonds. The smallest absolute Gasteiger partial charge is 0.0779 e. The number of hydrogen-bond donors (Lipinski definition) is 0. The number of hydrogen-bond acceptors (Lipinski definition) is 0. The zero-order chi connectivity index (χ0) is 10.3. The Labute approximate surface area is 95.2 Å². The van der Waals surface area contributed by atoms with Gasteiger partial charge in [-0.15, -0.1) is 0 Å². The van der Waals surface area contributed by atoms with Gasteiger partial charge in [-0.1, -0.05) is 59.0 Å². The van der Waals surface area contributed by atoms with Crippen molar-refractivity contribution in [2.45, 2.75) is 26.1 Å². The van der Waals surface area contributed by atoms with E-state index in [4.69, 9.17) is 0 Å². The molecule has 0 unspecified atom stereocenters. The summed E-state index contributed by atoms with van der Waals surface area (Å²) in [5.41, 5.74) is 2.96. The summed E-state index contributed by atoms with van der Waals surface area (Å²) in [6.45, 7) is 7.23. The van der Waals surface area contributed by atoms with Crippen LogP contribution in [0.25, 0.3) is 5.20 Å². The molecular formula is C12H15BrSi. The van der Waals surface area contributed by atoms with Crippen LogP contribution in [0.4, 0.5) is 0 Å². The van der Waals surface area contributed by atoms with E-state index in [2.05, 4.69) is 59.8 Å². The van der Waals surface area contributed by atoms with E-state index in [1.54, 1.807) is 5.20 Å². The largest absolute Gasteiger partial charge is 0.0802 e. The third-order valence-electron chi connectivity index (χ3n) is 2.73. The Morgan fingerprint density at radius 3 is 2.57 bits per heavy atom. The van der Waals surface area contributed by atoms with E-state index < -0.39 is 8.07 Å². The predicted molar refractivity (Wildman–Crippen MR) is 69.2 cm³/mol. The van der Waals surface area contributed by atoms with Crippen molar-refractivity contribution in [3.8, 4) is 0 Å². The topological polar surface area (TPSA) is 0 Å². The molecular weight excluding hydrogens is 252 g/mol. The van der Waals surface area contributed by atoms with Crippen LogP contribution in [0.1, 0.15) is 11.1 Å². The van der Waals surface area contributed by atoms with Crippen molar-refractivity contribution < 1.29 is 0 Å². The van der Waals surface area contributed by atoms with Crippen molar-refractivity contribution in [2.24, 2.45) is 0 Å². The van der Waals surface area contributed by atoms with E-state index in [1.807, 2.05) is 0 Å². The van der Waals surface area contributed by atoms with Crippen LogP contribution in [0, 0.1) is 0 Å². The van der Waals surface area contributed by atoms with Crippen molar-refractivity contribution in [3.63, 3.8) is 0 Å². The second kappa shape index (κ2) is 3.35. The normalized spacial score (nSPS) is 15.3. The second-order valence-corrected chi connectivity index (χ2v) is 10.7. The van der Waals surface area contributed by atoms with E-state index in [9.17, 15) is 0 Å². The lowest BCUT2D eigenvalue weighted by molar-refractivity contribution is 1.29. The molecule has 0 bridgehead atoms. The predicted octanol–water partition coefficient (Wildman–Crippen LogP) is 4.27. The van der Waals surface area contributed by atoms with Crippen LogP contribution in [-0.4, -0.2) is 8.07 Å². The molecule has 14 heavy (non-hydrogen) atoms. The van der Waals surface area contributed by atoms with Gasteiger partial charge in [0.05, 0.1) is 8.07 Å². The summed E-state index contributed by atoms with van der Waals surface area (Å²) in [6.07, 6.45) is 3.53. The maximum atomic E-state index is 3.62. The molecule has 0 fully saturated rings. The zero-order valence-corrected chi connectivity index (χ0v) is 11.5. The van der Waals surface area contributed by atoms with E-state index in [0.717, 1.165) is 6.42 Å². The molecule has 0 N–H and O–H groups in total. The summed E-state index contributed by atoms with van der Waals surface area (Å²) in [5, 5.41) is 1.62. The van der Waals surface area contributed by atoms with Gasteiger partial charge in [0.25, 0.3) is 0 Å². The van der Waals surface area contributed by atoms with Crippen LogP contribution in [0.2, 0.25) is 19.6 Å². The molecule has 2 heteroatoms. The Morgan fingerprint density at radius 1 is 1.21 bits per heavy atom. The van der Waals surface area contributed by atoms with Gasteiger partial charge in [-0.25, -0.2) is 0 Å². The molecule has 74 valence electrons. The average Bonchev–Trinajstić information content (AvgIpc) is 2.47. The van der Waals surface area contributed by atoms with Gasteiger partial charge >= 0.3 is 0 Å². The van der Waals surface area contributed by atoms with Gasteiger partial charge in [0, 0.05) is 4.47 Å². The van der Waals surface area contributed by atoms with Gasteiger partial charge in [0.15, 0.2) is 0 Å². The standard InChI is InChI=1S/C12H15BrSi/c1-14(2,3)12-8-7-9-10(12)5-4-6-11(9)13/h4-6,8H,7H2,1-3H3. The van der Waals surface area contributed by atoms with Crippen molar-refractivity contribution in [2.75, 3.05) is 0 Å². The van der Waals surface area contributed by atoms with Crippen LogP contribution in [-0.2, 0) is 6.42 Å². The van der Waals surface area contributed by atoms with E-state index in [0.29, 0.717) is 0 Å². The first-order valence-electron chi connectivity index (χ1n) is 4.98. The third kappa shape index (κ3) is 1.61. The third-order valence-corrected chi connectivity index (χ3v) is 5.56. The van der Waals surface area contributed by atoms with Gasteiger partial charge in [-0.3, -0.25) is 0 Å². The Morgan fingerprint density at radius 2 is 1.93 bits per heavy atom. The van der Waals surface area contributed by atoms with Crippen molar-refractivity contribution in [1.29, 1.82) is 0 Å². The second-order valence-electron chi connectivity index (χ2n) is 4.84. The van der Waals surface area contributed by atoms with Crippen LogP contribution in [0.3, 0.4) is 0 Å². The Hall–Kier alpha value is -0.343. The number of halogens is 1. The first-order valence-corrected chi connectivity index (χ1v) is 9.28. The fraction of sp³-hybridized carbons (Fsp3) is 0.333. The lowest BCUT2D eigenvalue weighted by Gasteiger charge is -2.19. The molecule has 0 atom stereocenters. The van der Waals surface area contributed by atoms with Crippen LogP contribution < -0.4 is 0 Å². The van der Waals surface area contributed by atoms with Crippen LogP contribution in [0.15, 0.2) is 28.7 Å². The molecule has 1 aliphatic rings. The molecule has 0 radical (unpaired) electrons. The highest BCUT2D eigenvalue weighted by Crippen LogP contribution is 2.37. The number of rotatable bonds is 1. The molecule has 1 aromatic carbocycles. The first-order chi connectivity index (χ1) is 6.50. The molecule has 0 spiro atoms. The van der Waals surface area contributed by atoms with E-state index in [1.165, 1.54) is 15.6 Å². The fourth-order valence-corrected chi connectivity index (χ4v) is 4.33. The summed E-state index contributed by atoms with van der Waals surface area (Å²) in [6, 6.07) is 6.54. The molecule has 0 aromatic heterocycles. The Bertz CT molecular complexity index is 399. The maximum Gasteiger partial charge on any atom is 0.0779 e. The number of fused-ring (bicyclic) bond motifs is 1. The minimum absolute atomic E-state index is 1.11. The highest BCUT2D eigenvalue weighted by molar-refractivity contribution is 9.10. The number of benzene rings is 1. The fourth-order valence-electron chi connectivity index (χ4n) is 2.04. The molecule has 1 aromatic rings. The zero-order valence-electron chi connectivity index (χ0n) is 8.89. The molecule has 0 aliphatic heterocycles. The molecule has 2 rings (SSSR count). The molecule has 0 heterocycles. The summed E-state index contributed by atoms with van der Waals surface area (Å²) in [4.78, 5) is 0. The summed E-state index contributed by atoms with van der Waals surface area (Å²) < 4.78 is 1.26. The highest BCUT2D eigenvalue weighted by Gasteiger charge is 2.26. The molecule has 0 nitrogen and oxygen atoms in total. The van der Waals surface area contributed by atoms with Crippen molar-refractivity contribution >= 4 is 29.2 Å². The SMILES string of the molecule is C[Si](C)(C)C1=CCc2c(Br)cccc21. The first kappa shape index (κ1) is 10.2. The monoisotopic (exact) mass is 266 g/mol. The quantitative estimate of drug-likeness (QED) is 0.667. The van der Waals surface area contributed by atoms with Crippen LogP contribution in [0.5, 0.6) is 0 Å². The average molecular weight is 267 g/mol. The minimum Gasteiger partial charge on any atom is -0.0802 e. The molecule has 0 saturated heterocycles. The lowest BCUT2D eigenvalue weighted by atomic mass is 10.1. The molecule has 0 saturated carbocycles. The number of allylic oxidation sites excluding steroid dienone is 1. The van der Waals surface area contributed by atoms with Gasteiger partial charge in [-0.2, -0.15) is 0 Å². The van der Waals surface area contributed by atoms with Crippen LogP contribution >= 0.6 is 15.9 Å². The maximum absolute atomic E-state index is 3.62. The summed E-state index contributed by atoms with van der Waals surface area (Å²) in [7, 11) is -1.16. The van der Waals surface area contributed by atoms with Gasteiger partial charge < -0.3 is 0 Å². The van der Waals surface area contributed by atoms with Gasteiger partial charge in [-0.05, 0) is 23.6 Å². The highest BCUT2D eigenvalue weighted by atomic mass is 79.9. The Balaban J connectivity index is 2.53. The summed E-state index contributed by atoms with van der Waals surface area (Å²) in [5.74, 6) is 0.